The van der Waals surface area contributed by atoms with Crippen molar-refractivity contribution < 1.29 is 4.39 Å². The summed E-state index contributed by atoms with van der Waals surface area (Å²) in [7, 11) is 0. The number of nitrogens with zero attached hydrogens (tertiary/aromatic N) is 2. The van der Waals surface area contributed by atoms with Crippen LogP contribution >= 0.6 is 27.5 Å². The van der Waals surface area contributed by atoms with Gasteiger partial charge >= 0.3 is 0 Å². The second-order valence-corrected chi connectivity index (χ2v) is 5.11. The molecule has 1 atom stereocenters. The summed E-state index contributed by atoms with van der Waals surface area (Å²) >= 11 is 9.24. The first-order valence-electron chi connectivity index (χ1n) is 5.46. The Morgan fingerprint density at radius 3 is 2.89 bits per heavy atom. The molecule has 1 aromatic carbocycles. The molecule has 0 bridgehead atoms. The molecule has 0 saturated heterocycles. The van der Waals surface area contributed by atoms with Gasteiger partial charge in [0.05, 0.1) is 27.4 Å². The van der Waals surface area contributed by atoms with Crippen LogP contribution in [0.3, 0.4) is 0 Å². The van der Waals surface area contributed by atoms with Gasteiger partial charge in [0.15, 0.2) is 0 Å². The highest BCUT2D eigenvalue weighted by Crippen LogP contribution is 2.28. The fourth-order valence-corrected chi connectivity index (χ4v) is 2.45. The Bertz CT molecular complexity index is 570. The minimum absolute atomic E-state index is 0.318. The Morgan fingerprint density at radius 1 is 1.56 bits per heavy atom. The van der Waals surface area contributed by atoms with Gasteiger partial charge in [0, 0.05) is 6.54 Å². The van der Waals surface area contributed by atoms with Crippen molar-refractivity contribution >= 4 is 27.5 Å². The Balaban J connectivity index is 2.44. The van der Waals surface area contributed by atoms with Crippen LogP contribution in [0.15, 0.2) is 28.9 Å². The zero-order valence-corrected chi connectivity index (χ0v) is 12.0. The van der Waals surface area contributed by atoms with Gasteiger partial charge < -0.3 is 5.73 Å². The average molecular weight is 333 g/mol. The molecule has 18 heavy (non-hydrogen) atoms. The monoisotopic (exact) mass is 331 g/mol. The quantitative estimate of drug-likeness (QED) is 0.935. The zero-order chi connectivity index (χ0) is 13.3. The van der Waals surface area contributed by atoms with E-state index in [1.807, 2.05) is 6.92 Å². The van der Waals surface area contributed by atoms with E-state index in [0.29, 0.717) is 16.0 Å². The molecule has 0 saturated carbocycles. The SMILES string of the molecule is CCn1ncc(Cl)c1C(N)c1ccc(F)c(Br)c1. The molecule has 0 amide bonds. The highest BCUT2D eigenvalue weighted by molar-refractivity contribution is 9.10. The zero-order valence-electron chi connectivity index (χ0n) is 9.70. The lowest BCUT2D eigenvalue weighted by atomic mass is 10.0. The van der Waals surface area contributed by atoms with Crippen LogP contribution in [0.4, 0.5) is 4.39 Å². The van der Waals surface area contributed by atoms with E-state index < -0.39 is 6.04 Å². The molecule has 3 nitrogen and oxygen atoms in total. The van der Waals surface area contributed by atoms with Crippen LogP contribution in [0.5, 0.6) is 0 Å². The number of halogens is 3. The van der Waals surface area contributed by atoms with Crippen molar-refractivity contribution in [3.05, 3.63) is 51.0 Å². The van der Waals surface area contributed by atoms with Crippen molar-refractivity contribution in [1.29, 1.82) is 0 Å². The van der Waals surface area contributed by atoms with Gasteiger partial charge in [0.1, 0.15) is 5.82 Å². The summed E-state index contributed by atoms with van der Waals surface area (Å²) in [6.07, 6.45) is 1.57. The Hall–Kier alpha value is -0.910. The van der Waals surface area contributed by atoms with E-state index in [9.17, 15) is 4.39 Å². The first kappa shape index (κ1) is 13.5. The summed E-state index contributed by atoms with van der Waals surface area (Å²) in [4.78, 5) is 0. The fraction of sp³-hybridized carbons (Fsp3) is 0.250. The summed E-state index contributed by atoms with van der Waals surface area (Å²) in [5.74, 6) is -0.318. The molecule has 0 spiro atoms. The van der Waals surface area contributed by atoms with Crippen LogP contribution < -0.4 is 5.73 Å². The van der Waals surface area contributed by atoms with Gasteiger partial charge in [-0.25, -0.2) is 4.39 Å². The lowest BCUT2D eigenvalue weighted by molar-refractivity contribution is 0.597. The predicted octanol–water partition coefficient (Wildman–Crippen LogP) is 3.51. The van der Waals surface area contributed by atoms with E-state index in [0.717, 1.165) is 11.3 Å². The normalized spacial score (nSPS) is 12.7. The second kappa shape index (κ2) is 5.38. The van der Waals surface area contributed by atoms with Crippen LogP contribution in [0.1, 0.15) is 24.2 Å². The van der Waals surface area contributed by atoms with Crippen molar-refractivity contribution in [3.8, 4) is 0 Å². The van der Waals surface area contributed by atoms with Crippen molar-refractivity contribution in [3.63, 3.8) is 0 Å². The molecule has 1 aromatic heterocycles. The largest absolute Gasteiger partial charge is 0.319 e. The second-order valence-electron chi connectivity index (χ2n) is 3.84. The molecular formula is C12H12BrClFN3. The Labute approximate surface area is 118 Å². The maximum Gasteiger partial charge on any atom is 0.137 e. The van der Waals surface area contributed by atoms with Gasteiger partial charge in [-0.05, 0) is 40.5 Å². The molecular weight excluding hydrogens is 321 g/mol. The van der Waals surface area contributed by atoms with Crippen LogP contribution in [-0.4, -0.2) is 9.78 Å². The van der Waals surface area contributed by atoms with Gasteiger partial charge in [-0.15, -0.1) is 0 Å². The van der Waals surface area contributed by atoms with Crippen LogP contribution in [0, 0.1) is 5.82 Å². The highest BCUT2D eigenvalue weighted by Gasteiger charge is 2.18. The Morgan fingerprint density at radius 2 is 2.28 bits per heavy atom. The minimum atomic E-state index is -0.433. The maximum atomic E-state index is 13.2. The molecule has 1 unspecified atom stereocenters. The number of hydrogen-bond acceptors (Lipinski definition) is 2. The van der Waals surface area contributed by atoms with Crippen LogP contribution in [0.25, 0.3) is 0 Å². The summed E-state index contributed by atoms with van der Waals surface area (Å²) in [5, 5.41) is 4.66. The molecule has 2 N–H and O–H groups in total. The van der Waals surface area contributed by atoms with Crippen molar-refractivity contribution in [2.45, 2.75) is 19.5 Å². The first-order chi connectivity index (χ1) is 8.54. The molecule has 0 aliphatic rings. The van der Waals surface area contributed by atoms with Gasteiger partial charge in [0.25, 0.3) is 0 Å². The third-order valence-electron chi connectivity index (χ3n) is 2.73. The van der Waals surface area contributed by atoms with E-state index in [-0.39, 0.29) is 5.82 Å². The van der Waals surface area contributed by atoms with E-state index in [4.69, 9.17) is 17.3 Å². The number of aromatic nitrogens is 2. The number of hydrogen-bond donors (Lipinski definition) is 1. The highest BCUT2D eigenvalue weighted by atomic mass is 79.9. The van der Waals surface area contributed by atoms with E-state index in [1.165, 1.54) is 6.07 Å². The molecule has 0 radical (unpaired) electrons. The molecule has 0 aliphatic heterocycles. The Kier molecular flexibility index (Phi) is 4.04. The van der Waals surface area contributed by atoms with Crippen molar-refractivity contribution in [2.75, 3.05) is 0 Å². The number of aryl methyl sites for hydroxylation is 1. The minimum Gasteiger partial charge on any atom is -0.319 e. The molecule has 6 heteroatoms. The summed E-state index contributed by atoms with van der Waals surface area (Å²) in [5.41, 5.74) is 7.68. The average Bonchev–Trinajstić information content (AvgIpc) is 2.73. The summed E-state index contributed by atoms with van der Waals surface area (Å²) in [6.45, 7) is 2.64. The topological polar surface area (TPSA) is 43.8 Å². The number of rotatable bonds is 3. The molecule has 96 valence electrons. The van der Waals surface area contributed by atoms with Gasteiger partial charge in [-0.1, -0.05) is 17.7 Å². The van der Waals surface area contributed by atoms with E-state index in [2.05, 4.69) is 21.0 Å². The maximum absolute atomic E-state index is 13.2. The lowest BCUT2D eigenvalue weighted by Gasteiger charge is -2.15. The predicted molar refractivity (Wildman–Crippen MR) is 73.0 cm³/mol. The first-order valence-corrected chi connectivity index (χ1v) is 6.63. The van der Waals surface area contributed by atoms with Gasteiger partial charge in [0.2, 0.25) is 0 Å². The molecule has 0 aliphatic carbocycles. The molecule has 1 heterocycles. The van der Waals surface area contributed by atoms with E-state index in [1.54, 1.807) is 23.0 Å². The van der Waals surface area contributed by atoms with E-state index >= 15 is 0 Å². The van der Waals surface area contributed by atoms with Crippen LogP contribution in [-0.2, 0) is 6.54 Å². The van der Waals surface area contributed by atoms with Gasteiger partial charge in [-0.3, -0.25) is 4.68 Å². The molecule has 2 aromatic rings. The fourth-order valence-electron chi connectivity index (χ4n) is 1.80. The van der Waals surface area contributed by atoms with Crippen LogP contribution in [0.2, 0.25) is 5.02 Å². The smallest absolute Gasteiger partial charge is 0.137 e. The van der Waals surface area contributed by atoms with Crippen molar-refractivity contribution in [1.82, 2.24) is 9.78 Å². The standard InChI is InChI=1S/C12H12BrClFN3/c1-2-18-12(9(14)6-17-18)11(16)7-3-4-10(15)8(13)5-7/h3-6,11H,2,16H2,1H3. The third-order valence-corrected chi connectivity index (χ3v) is 3.63. The van der Waals surface area contributed by atoms with Gasteiger partial charge in [-0.2, -0.15) is 5.10 Å². The third kappa shape index (κ3) is 2.43. The number of benzene rings is 1. The summed E-state index contributed by atoms with van der Waals surface area (Å²) in [6, 6.07) is 4.24. The van der Waals surface area contributed by atoms with Crippen molar-refractivity contribution in [2.24, 2.45) is 5.73 Å². The lowest BCUT2D eigenvalue weighted by Crippen LogP contribution is -2.17. The number of nitrogens with two attached hydrogens (primary N) is 1. The molecule has 2 rings (SSSR count). The summed E-state index contributed by atoms with van der Waals surface area (Å²) < 4.78 is 15.3. The molecule has 0 fully saturated rings.